The molecule has 0 fully saturated rings. The zero-order chi connectivity index (χ0) is 20.7. The number of fused-ring (bicyclic) bond motifs is 1. The van der Waals surface area contributed by atoms with Crippen molar-refractivity contribution in [1.29, 1.82) is 0 Å². The van der Waals surface area contributed by atoms with E-state index in [1.165, 1.54) is 0 Å². The topological polar surface area (TPSA) is 123 Å². The molecular formula is C22H17NO6. The first-order valence-electron chi connectivity index (χ1n) is 8.67. The molecule has 5 N–H and O–H groups in total. The molecule has 0 spiro atoms. The van der Waals surface area contributed by atoms with Crippen LogP contribution in [0.4, 0.5) is 0 Å². The summed E-state index contributed by atoms with van der Waals surface area (Å²) in [6.07, 6.45) is -1.23. The summed E-state index contributed by atoms with van der Waals surface area (Å²) in [5.41, 5.74) is 0.0846. The first kappa shape index (κ1) is 18.4. The molecule has 3 aromatic rings. The first-order valence-corrected chi connectivity index (χ1v) is 8.67. The third-order valence-corrected chi connectivity index (χ3v) is 4.77. The molecule has 0 saturated heterocycles. The highest BCUT2D eigenvalue weighted by Crippen LogP contribution is 2.55. The van der Waals surface area contributed by atoms with Crippen molar-refractivity contribution in [1.82, 2.24) is 0 Å². The monoisotopic (exact) mass is 391 g/mol. The van der Waals surface area contributed by atoms with Gasteiger partial charge in [0.1, 0.15) is 17.6 Å². The van der Waals surface area contributed by atoms with E-state index >= 15 is 0 Å². The highest BCUT2D eigenvalue weighted by molar-refractivity contribution is 5.91. The van der Waals surface area contributed by atoms with E-state index in [9.17, 15) is 25.5 Å². The molecule has 7 heteroatoms. The largest absolute Gasteiger partial charge is 0.504 e. The molecule has 7 nitrogen and oxygen atoms in total. The predicted molar refractivity (Wildman–Crippen MR) is 107 cm³/mol. The number of aliphatic hydroxyl groups is 1. The van der Waals surface area contributed by atoms with Gasteiger partial charge in [0.15, 0.2) is 28.8 Å². The Labute approximate surface area is 165 Å². The van der Waals surface area contributed by atoms with E-state index in [-0.39, 0.29) is 17.0 Å². The number of aliphatic hydroxyl groups excluding tert-OH is 1. The van der Waals surface area contributed by atoms with Crippen LogP contribution >= 0.6 is 0 Å². The fraction of sp³-hybridized carbons (Fsp3) is 0.0455. The molecule has 29 heavy (non-hydrogen) atoms. The lowest BCUT2D eigenvalue weighted by Gasteiger charge is -2.17. The van der Waals surface area contributed by atoms with Crippen molar-refractivity contribution in [2.45, 2.75) is 6.10 Å². The lowest BCUT2D eigenvalue weighted by molar-refractivity contribution is 0.192. The normalized spacial score (nSPS) is 16.8. The average Bonchev–Trinajstić information content (AvgIpc) is 3.07. The number of nitrogens with zero attached hydrogens (tertiary/aromatic N) is 1. The molecule has 1 unspecified atom stereocenters. The van der Waals surface area contributed by atoms with Gasteiger partial charge in [0, 0.05) is 5.56 Å². The Hall–Kier alpha value is -3.97. The molecule has 1 heterocycles. The van der Waals surface area contributed by atoms with Crippen molar-refractivity contribution in [2.75, 3.05) is 0 Å². The van der Waals surface area contributed by atoms with Crippen molar-refractivity contribution in [3.63, 3.8) is 0 Å². The number of phenols is 4. The molecule has 0 amide bonds. The number of aromatic hydroxyl groups is 4. The smallest absolute Gasteiger partial charge is 0.171 e. The standard InChI is InChI=1S/C22H17NO6/c1-23-16(22-17(24)12-9-5-6-10-13(12)29-22)15-20(27)18(25)14(19(26)21(15)28)11-7-3-2-4-8-11/h2-10,17,24-28H,1H2/b22-16+. The zero-order valence-electron chi connectivity index (χ0n) is 15.1. The maximum Gasteiger partial charge on any atom is 0.171 e. The Morgan fingerprint density at radius 2 is 1.41 bits per heavy atom. The maximum atomic E-state index is 10.6. The second kappa shape index (κ2) is 6.88. The molecule has 4 rings (SSSR count). The number of benzene rings is 3. The minimum absolute atomic E-state index is 0.0990. The van der Waals surface area contributed by atoms with E-state index < -0.39 is 34.7 Å². The van der Waals surface area contributed by atoms with Gasteiger partial charge in [0.25, 0.3) is 0 Å². The highest BCUT2D eigenvalue weighted by atomic mass is 16.5. The minimum Gasteiger partial charge on any atom is -0.504 e. The summed E-state index contributed by atoms with van der Waals surface area (Å²) in [7, 11) is 0. The molecule has 146 valence electrons. The molecule has 0 saturated carbocycles. The van der Waals surface area contributed by atoms with Crippen LogP contribution in [-0.2, 0) is 0 Å². The van der Waals surface area contributed by atoms with E-state index in [1.807, 2.05) is 0 Å². The molecule has 1 aliphatic heterocycles. The third kappa shape index (κ3) is 2.76. The number of phenolic OH excluding ortho intramolecular Hbond substituents is 4. The lowest BCUT2D eigenvalue weighted by Crippen LogP contribution is -2.02. The third-order valence-electron chi connectivity index (χ3n) is 4.77. The van der Waals surface area contributed by atoms with Crippen molar-refractivity contribution in [3.8, 4) is 39.9 Å². The van der Waals surface area contributed by atoms with Gasteiger partial charge in [-0.15, -0.1) is 0 Å². The summed E-state index contributed by atoms with van der Waals surface area (Å²) in [6, 6.07) is 15.0. The molecule has 1 atom stereocenters. The van der Waals surface area contributed by atoms with Crippen molar-refractivity contribution in [2.24, 2.45) is 4.99 Å². The number of ether oxygens (including phenoxy) is 1. The Morgan fingerprint density at radius 3 is 2.00 bits per heavy atom. The first-order chi connectivity index (χ1) is 14.0. The van der Waals surface area contributed by atoms with Crippen LogP contribution in [0, 0.1) is 0 Å². The van der Waals surface area contributed by atoms with Gasteiger partial charge in [-0.05, 0) is 18.3 Å². The quantitative estimate of drug-likeness (QED) is 0.264. The van der Waals surface area contributed by atoms with E-state index in [2.05, 4.69) is 11.7 Å². The summed E-state index contributed by atoms with van der Waals surface area (Å²) in [5, 5.41) is 53.0. The Kier molecular flexibility index (Phi) is 4.37. The molecule has 0 bridgehead atoms. The van der Waals surface area contributed by atoms with Crippen LogP contribution in [0.25, 0.3) is 16.8 Å². The van der Waals surface area contributed by atoms with Crippen LogP contribution in [-0.4, -0.2) is 32.3 Å². The highest BCUT2D eigenvalue weighted by Gasteiger charge is 2.34. The van der Waals surface area contributed by atoms with Gasteiger partial charge in [-0.3, -0.25) is 4.99 Å². The fourth-order valence-corrected chi connectivity index (χ4v) is 3.37. The molecular weight excluding hydrogens is 374 g/mol. The van der Waals surface area contributed by atoms with Gasteiger partial charge in [-0.25, -0.2) is 0 Å². The summed E-state index contributed by atoms with van der Waals surface area (Å²) in [5.74, 6) is -2.51. The van der Waals surface area contributed by atoms with E-state index in [4.69, 9.17) is 4.74 Å². The van der Waals surface area contributed by atoms with Crippen LogP contribution in [0.1, 0.15) is 17.2 Å². The summed E-state index contributed by atoms with van der Waals surface area (Å²) in [4.78, 5) is 3.78. The Morgan fingerprint density at radius 1 is 0.828 bits per heavy atom. The molecule has 0 radical (unpaired) electrons. The van der Waals surface area contributed by atoms with E-state index in [0.717, 1.165) is 0 Å². The van der Waals surface area contributed by atoms with E-state index in [1.54, 1.807) is 54.6 Å². The van der Waals surface area contributed by atoms with Gasteiger partial charge < -0.3 is 30.3 Å². The Bertz CT molecular complexity index is 1120. The molecule has 3 aromatic carbocycles. The van der Waals surface area contributed by atoms with Gasteiger partial charge in [-0.2, -0.15) is 0 Å². The van der Waals surface area contributed by atoms with E-state index in [0.29, 0.717) is 16.9 Å². The maximum absolute atomic E-state index is 10.6. The van der Waals surface area contributed by atoms with Crippen LogP contribution in [0.3, 0.4) is 0 Å². The number of hydrogen-bond acceptors (Lipinski definition) is 7. The van der Waals surface area contributed by atoms with Crippen LogP contribution < -0.4 is 4.74 Å². The number of rotatable bonds is 3. The summed E-state index contributed by atoms with van der Waals surface area (Å²) in [6.45, 7) is 3.42. The van der Waals surface area contributed by atoms with Crippen LogP contribution in [0.2, 0.25) is 0 Å². The molecule has 0 aliphatic carbocycles. The van der Waals surface area contributed by atoms with Crippen LogP contribution in [0.5, 0.6) is 28.7 Å². The Balaban J connectivity index is 1.95. The van der Waals surface area contributed by atoms with Gasteiger partial charge in [0.2, 0.25) is 0 Å². The number of para-hydroxylation sites is 1. The van der Waals surface area contributed by atoms with Gasteiger partial charge >= 0.3 is 0 Å². The zero-order valence-corrected chi connectivity index (χ0v) is 15.1. The second-order valence-electron chi connectivity index (χ2n) is 6.42. The molecule has 1 aliphatic rings. The van der Waals surface area contributed by atoms with Crippen LogP contribution in [0.15, 0.2) is 65.3 Å². The summed E-state index contributed by atoms with van der Waals surface area (Å²) >= 11 is 0. The van der Waals surface area contributed by atoms with Crippen molar-refractivity contribution >= 4 is 12.4 Å². The number of hydrogen-bond donors (Lipinski definition) is 5. The fourth-order valence-electron chi connectivity index (χ4n) is 3.37. The van der Waals surface area contributed by atoms with Gasteiger partial charge in [-0.1, -0.05) is 48.5 Å². The average molecular weight is 391 g/mol. The SMILES string of the molecule is C=N/C(=C1/Oc2ccccc2C1O)c1c(O)c(O)c(-c2ccccc2)c(O)c1O. The number of aliphatic imine (C=N–C) groups is 1. The minimum atomic E-state index is -1.23. The summed E-state index contributed by atoms with van der Waals surface area (Å²) < 4.78 is 5.64. The predicted octanol–water partition coefficient (Wildman–Crippen LogP) is 3.67. The molecule has 0 aromatic heterocycles. The van der Waals surface area contributed by atoms with Crippen molar-refractivity contribution < 1.29 is 30.3 Å². The lowest BCUT2D eigenvalue weighted by atomic mass is 9.96. The van der Waals surface area contributed by atoms with Crippen molar-refractivity contribution in [3.05, 3.63) is 71.5 Å². The second-order valence-corrected chi connectivity index (χ2v) is 6.42. The van der Waals surface area contributed by atoms with Gasteiger partial charge in [0.05, 0.1) is 11.1 Å².